The van der Waals surface area contributed by atoms with Crippen LogP contribution < -0.4 is 10.6 Å². The van der Waals surface area contributed by atoms with Crippen molar-refractivity contribution in [2.45, 2.75) is 51.2 Å². The molecule has 0 radical (unpaired) electrons. The molecule has 2 saturated heterocycles. The molecule has 142 valence electrons. The topological polar surface area (TPSA) is 68.8 Å². The molecule has 2 heterocycles. The first-order chi connectivity index (χ1) is 11.2. The molecule has 0 aromatic heterocycles. The van der Waals surface area contributed by atoms with E-state index in [0.29, 0.717) is 19.8 Å². The minimum Gasteiger partial charge on any atom is -0.384 e. The molecule has 2 fully saturated rings. The van der Waals surface area contributed by atoms with Gasteiger partial charge >= 0.3 is 0 Å². The number of piperidine rings is 1. The van der Waals surface area contributed by atoms with Gasteiger partial charge in [0.1, 0.15) is 6.10 Å². The summed E-state index contributed by atoms with van der Waals surface area (Å²) in [5.74, 6) is -0.0465. The van der Waals surface area contributed by atoms with Crippen LogP contribution in [0.15, 0.2) is 0 Å². The van der Waals surface area contributed by atoms with Crippen molar-refractivity contribution in [3.8, 4) is 0 Å². The monoisotopic (exact) mass is 364 g/mol. The maximum Gasteiger partial charge on any atom is 0.248 e. The largest absolute Gasteiger partial charge is 0.384 e. The van der Waals surface area contributed by atoms with Crippen molar-refractivity contribution < 1.29 is 19.0 Å². The Balaban J connectivity index is 0.00000288. The van der Waals surface area contributed by atoms with E-state index in [1.165, 1.54) is 6.42 Å². The molecule has 6 nitrogen and oxygen atoms in total. The van der Waals surface area contributed by atoms with Gasteiger partial charge < -0.3 is 24.8 Å². The van der Waals surface area contributed by atoms with Crippen molar-refractivity contribution in [3.05, 3.63) is 0 Å². The highest BCUT2D eigenvalue weighted by Crippen LogP contribution is 2.28. The van der Waals surface area contributed by atoms with Gasteiger partial charge in [0.2, 0.25) is 5.91 Å². The summed E-state index contributed by atoms with van der Waals surface area (Å²) >= 11 is 0. The van der Waals surface area contributed by atoms with Crippen LogP contribution in [0.25, 0.3) is 0 Å². The minimum absolute atomic E-state index is 0. The van der Waals surface area contributed by atoms with E-state index in [2.05, 4.69) is 10.6 Å². The Morgan fingerprint density at radius 1 is 1.38 bits per heavy atom. The lowest BCUT2D eigenvalue weighted by Crippen LogP contribution is -2.49. The molecular formula is C17H33ClN2O4. The van der Waals surface area contributed by atoms with Crippen LogP contribution in [0.3, 0.4) is 0 Å². The van der Waals surface area contributed by atoms with Crippen molar-refractivity contribution in [2.24, 2.45) is 5.41 Å². The summed E-state index contributed by atoms with van der Waals surface area (Å²) in [5, 5.41) is 6.41. The van der Waals surface area contributed by atoms with Gasteiger partial charge in [-0.3, -0.25) is 4.79 Å². The van der Waals surface area contributed by atoms with Gasteiger partial charge in [0.05, 0.1) is 19.3 Å². The second kappa shape index (κ2) is 11.3. The van der Waals surface area contributed by atoms with Gasteiger partial charge in [0.25, 0.3) is 0 Å². The number of carbonyl (C=O) groups is 1. The van der Waals surface area contributed by atoms with Crippen molar-refractivity contribution in [3.63, 3.8) is 0 Å². The first-order valence-corrected chi connectivity index (χ1v) is 8.86. The Morgan fingerprint density at radius 3 is 2.75 bits per heavy atom. The SMILES string of the molecule is COCC1(CNC(=O)C(C)OCC2CCCCO2)CCNCC1.Cl. The third-order valence-corrected chi connectivity index (χ3v) is 4.93. The number of hydrogen-bond donors (Lipinski definition) is 2. The Morgan fingerprint density at radius 2 is 2.12 bits per heavy atom. The van der Waals surface area contributed by atoms with E-state index in [1.54, 1.807) is 7.11 Å². The Labute approximate surface area is 151 Å². The fourth-order valence-electron chi connectivity index (χ4n) is 3.32. The number of ether oxygens (including phenoxy) is 3. The average molecular weight is 365 g/mol. The lowest BCUT2D eigenvalue weighted by Gasteiger charge is -2.37. The molecule has 7 heteroatoms. The van der Waals surface area contributed by atoms with Crippen LogP contribution >= 0.6 is 12.4 Å². The molecule has 0 bridgehead atoms. The highest BCUT2D eigenvalue weighted by atomic mass is 35.5. The normalized spacial score (nSPS) is 24.7. The number of halogens is 1. The predicted octanol–water partition coefficient (Wildman–Crippen LogP) is 1.51. The zero-order valence-electron chi connectivity index (χ0n) is 15.0. The van der Waals surface area contributed by atoms with Gasteiger partial charge in [0, 0.05) is 25.7 Å². The average Bonchev–Trinajstić information content (AvgIpc) is 2.59. The summed E-state index contributed by atoms with van der Waals surface area (Å²) in [7, 11) is 1.72. The van der Waals surface area contributed by atoms with Gasteiger partial charge in [-0.15, -0.1) is 12.4 Å². The van der Waals surface area contributed by atoms with E-state index < -0.39 is 6.10 Å². The van der Waals surface area contributed by atoms with E-state index in [9.17, 15) is 4.79 Å². The lowest BCUT2D eigenvalue weighted by molar-refractivity contribution is -0.136. The molecule has 0 saturated carbocycles. The van der Waals surface area contributed by atoms with Gasteiger partial charge in [0.15, 0.2) is 0 Å². The van der Waals surface area contributed by atoms with E-state index in [1.807, 2.05) is 6.92 Å². The molecule has 24 heavy (non-hydrogen) atoms. The van der Waals surface area contributed by atoms with Gasteiger partial charge in [-0.1, -0.05) is 0 Å². The molecule has 0 aromatic rings. The Kier molecular flexibility index (Phi) is 10.2. The molecule has 0 aliphatic carbocycles. The highest BCUT2D eigenvalue weighted by Gasteiger charge is 2.33. The molecule has 2 unspecified atom stereocenters. The number of amides is 1. The second-order valence-corrected chi connectivity index (χ2v) is 6.86. The molecule has 2 aliphatic heterocycles. The summed E-state index contributed by atoms with van der Waals surface area (Å²) in [5.41, 5.74) is 0.0435. The van der Waals surface area contributed by atoms with Crippen molar-refractivity contribution in [1.82, 2.24) is 10.6 Å². The number of hydrogen-bond acceptors (Lipinski definition) is 5. The molecular weight excluding hydrogens is 332 g/mol. The second-order valence-electron chi connectivity index (χ2n) is 6.86. The molecule has 0 spiro atoms. The van der Waals surface area contributed by atoms with E-state index in [0.717, 1.165) is 45.4 Å². The van der Waals surface area contributed by atoms with Crippen LogP contribution in [0, 0.1) is 5.41 Å². The fourth-order valence-corrected chi connectivity index (χ4v) is 3.32. The van der Waals surface area contributed by atoms with Crippen molar-refractivity contribution in [1.29, 1.82) is 0 Å². The summed E-state index contributed by atoms with van der Waals surface area (Å²) in [6.45, 7) is 6.40. The third kappa shape index (κ3) is 6.84. The predicted molar refractivity (Wildman–Crippen MR) is 95.7 cm³/mol. The lowest BCUT2D eigenvalue weighted by atomic mass is 9.79. The maximum atomic E-state index is 12.3. The molecule has 2 rings (SSSR count). The van der Waals surface area contributed by atoms with Crippen LogP contribution in [0.5, 0.6) is 0 Å². The summed E-state index contributed by atoms with van der Waals surface area (Å²) in [6.07, 6.45) is 5.08. The quantitative estimate of drug-likeness (QED) is 0.683. The van der Waals surface area contributed by atoms with Crippen LogP contribution in [-0.2, 0) is 19.0 Å². The zero-order valence-corrected chi connectivity index (χ0v) is 15.8. The Bertz CT molecular complexity index is 353. The van der Waals surface area contributed by atoms with Crippen LogP contribution in [0.1, 0.15) is 39.0 Å². The number of nitrogens with one attached hydrogen (secondary N) is 2. The smallest absolute Gasteiger partial charge is 0.248 e. The molecule has 1 amide bonds. The summed E-state index contributed by atoms with van der Waals surface area (Å²) < 4.78 is 16.7. The van der Waals surface area contributed by atoms with Crippen LogP contribution in [0.4, 0.5) is 0 Å². The number of methoxy groups -OCH3 is 1. The number of carbonyl (C=O) groups excluding carboxylic acids is 1. The number of rotatable bonds is 8. The molecule has 2 atom stereocenters. The summed E-state index contributed by atoms with van der Waals surface area (Å²) in [6, 6.07) is 0. The first kappa shape index (κ1) is 21.6. The third-order valence-electron chi connectivity index (χ3n) is 4.93. The maximum absolute atomic E-state index is 12.3. The van der Waals surface area contributed by atoms with Crippen LogP contribution in [0.2, 0.25) is 0 Å². The van der Waals surface area contributed by atoms with E-state index in [4.69, 9.17) is 14.2 Å². The molecule has 0 aromatic carbocycles. The van der Waals surface area contributed by atoms with E-state index >= 15 is 0 Å². The summed E-state index contributed by atoms with van der Waals surface area (Å²) in [4.78, 5) is 12.3. The van der Waals surface area contributed by atoms with Crippen LogP contribution in [-0.4, -0.2) is 64.7 Å². The van der Waals surface area contributed by atoms with Gasteiger partial charge in [-0.2, -0.15) is 0 Å². The molecule has 2 N–H and O–H groups in total. The molecule has 2 aliphatic rings. The first-order valence-electron chi connectivity index (χ1n) is 8.86. The van der Waals surface area contributed by atoms with Gasteiger partial charge in [-0.25, -0.2) is 0 Å². The fraction of sp³-hybridized carbons (Fsp3) is 0.941. The zero-order chi connectivity index (χ0) is 16.5. The Hall–Kier alpha value is -0.400. The minimum atomic E-state index is -0.443. The standard InChI is InChI=1S/C17H32N2O4.ClH/c1-14(23-11-15-5-3-4-10-22-15)16(20)19-12-17(13-21-2)6-8-18-9-7-17;/h14-15,18H,3-13H2,1-2H3,(H,19,20);1H. The van der Waals surface area contributed by atoms with Crippen molar-refractivity contribution >= 4 is 18.3 Å². The van der Waals surface area contributed by atoms with Gasteiger partial charge in [-0.05, 0) is 52.1 Å². The van der Waals surface area contributed by atoms with Crippen molar-refractivity contribution in [2.75, 3.05) is 46.6 Å². The van der Waals surface area contributed by atoms with E-state index in [-0.39, 0.29) is 29.8 Å². The highest BCUT2D eigenvalue weighted by molar-refractivity contribution is 5.85.